The predicted octanol–water partition coefficient (Wildman–Crippen LogP) is 1.54. The first-order valence-electron chi connectivity index (χ1n) is 4.84. The molecule has 1 aliphatic rings. The van der Waals surface area contributed by atoms with Crippen LogP contribution in [-0.4, -0.2) is 42.1 Å². The van der Waals surface area contributed by atoms with Gasteiger partial charge in [0.05, 0.1) is 0 Å². The highest BCUT2D eigenvalue weighted by Crippen LogP contribution is 2.21. The van der Waals surface area contributed by atoms with Crippen molar-refractivity contribution in [3.8, 4) is 0 Å². The standard InChI is InChI=1S/C9H18N2OS/c1-3-5-10-9(12)11(2)8-4-6-13-7-8/h8H,3-7H2,1-2H3,(H,10,12). The van der Waals surface area contributed by atoms with Crippen molar-refractivity contribution >= 4 is 17.8 Å². The number of hydrogen-bond donors (Lipinski definition) is 1. The Kier molecular flexibility index (Phi) is 4.42. The van der Waals surface area contributed by atoms with Crippen molar-refractivity contribution < 1.29 is 4.79 Å². The van der Waals surface area contributed by atoms with Crippen LogP contribution in [0.4, 0.5) is 4.79 Å². The van der Waals surface area contributed by atoms with E-state index in [1.54, 1.807) is 0 Å². The first-order chi connectivity index (χ1) is 6.25. The molecule has 1 N–H and O–H groups in total. The predicted molar refractivity (Wildman–Crippen MR) is 57.2 cm³/mol. The van der Waals surface area contributed by atoms with E-state index in [1.165, 1.54) is 5.75 Å². The van der Waals surface area contributed by atoms with Crippen molar-refractivity contribution in [2.75, 3.05) is 25.1 Å². The van der Waals surface area contributed by atoms with Gasteiger partial charge in [0.1, 0.15) is 0 Å². The maximum absolute atomic E-state index is 11.5. The summed E-state index contributed by atoms with van der Waals surface area (Å²) in [5.74, 6) is 2.28. The van der Waals surface area contributed by atoms with E-state index < -0.39 is 0 Å². The Morgan fingerprint density at radius 3 is 3.00 bits per heavy atom. The first-order valence-corrected chi connectivity index (χ1v) is 5.99. The smallest absolute Gasteiger partial charge is 0.317 e. The maximum atomic E-state index is 11.5. The number of carbonyl (C=O) groups excluding carboxylic acids is 1. The highest BCUT2D eigenvalue weighted by Gasteiger charge is 2.23. The van der Waals surface area contributed by atoms with Crippen LogP contribution in [0.15, 0.2) is 0 Å². The van der Waals surface area contributed by atoms with Gasteiger partial charge >= 0.3 is 6.03 Å². The molecule has 1 aliphatic heterocycles. The van der Waals surface area contributed by atoms with Crippen molar-refractivity contribution in [2.45, 2.75) is 25.8 Å². The van der Waals surface area contributed by atoms with Gasteiger partial charge in [-0.15, -0.1) is 0 Å². The van der Waals surface area contributed by atoms with Crippen LogP contribution in [0.1, 0.15) is 19.8 Å². The van der Waals surface area contributed by atoms with Crippen LogP contribution in [0, 0.1) is 0 Å². The molecule has 0 aromatic heterocycles. The zero-order valence-corrected chi connectivity index (χ0v) is 9.19. The molecule has 0 spiro atoms. The fourth-order valence-electron chi connectivity index (χ4n) is 1.35. The van der Waals surface area contributed by atoms with E-state index in [0.29, 0.717) is 6.04 Å². The number of rotatable bonds is 3. The Labute approximate surface area is 84.2 Å². The second-order valence-corrected chi connectivity index (χ2v) is 4.51. The highest BCUT2D eigenvalue weighted by atomic mass is 32.2. The minimum atomic E-state index is 0.0781. The lowest BCUT2D eigenvalue weighted by Crippen LogP contribution is -2.43. The second kappa shape index (κ2) is 5.37. The first kappa shape index (κ1) is 10.7. The molecule has 0 aromatic rings. The van der Waals surface area contributed by atoms with E-state index in [4.69, 9.17) is 0 Å². The Bertz CT molecular complexity index is 169. The third kappa shape index (κ3) is 3.10. The molecule has 1 fully saturated rings. The van der Waals surface area contributed by atoms with Crippen molar-refractivity contribution in [1.29, 1.82) is 0 Å². The largest absolute Gasteiger partial charge is 0.338 e. The number of hydrogen-bond acceptors (Lipinski definition) is 2. The van der Waals surface area contributed by atoms with Crippen LogP contribution in [0.2, 0.25) is 0 Å². The molecule has 0 aromatic carbocycles. The van der Waals surface area contributed by atoms with Crippen LogP contribution in [0.5, 0.6) is 0 Å². The molecule has 3 nitrogen and oxygen atoms in total. The molecule has 1 unspecified atom stereocenters. The molecule has 2 amide bonds. The van der Waals surface area contributed by atoms with Crippen LogP contribution in [0.3, 0.4) is 0 Å². The summed E-state index contributed by atoms with van der Waals surface area (Å²) in [6, 6.07) is 0.524. The summed E-state index contributed by atoms with van der Waals surface area (Å²) in [4.78, 5) is 13.3. The van der Waals surface area contributed by atoms with Crippen LogP contribution in [0.25, 0.3) is 0 Å². The van der Waals surface area contributed by atoms with E-state index in [1.807, 2.05) is 23.7 Å². The molecular formula is C9H18N2OS. The van der Waals surface area contributed by atoms with Gasteiger partial charge in [-0.3, -0.25) is 0 Å². The topological polar surface area (TPSA) is 32.3 Å². The fourth-order valence-corrected chi connectivity index (χ4v) is 2.62. The zero-order valence-electron chi connectivity index (χ0n) is 8.38. The lowest BCUT2D eigenvalue weighted by molar-refractivity contribution is 0.195. The molecule has 1 atom stereocenters. The van der Waals surface area contributed by atoms with Crippen LogP contribution < -0.4 is 5.32 Å². The molecule has 0 saturated carbocycles. The van der Waals surface area contributed by atoms with Gasteiger partial charge in [0.15, 0.2) is 0 Å². The number of amides is 2. The minimum Gasteiger partial charge on any atom is -0.338 e. The monoisotopic (exact) mass is 202 g/mol. The van der Waals surface area contributed by atoms with Crippen molar-refractivity contribution in [3.63, 3.8) is 0 Å². The maximum Gasteiger partial charge on any atom is 0.317 e. The van der Waals surface area contributed by atoms with E-state index in [2.05, 4.69) is 12.2 Å². The third-order valence-corrected chi connectivity index (χ3v) is 3.44. The number of urea groups is 1. The number of nitrogens with one attached hydrogen (secondary N) is 1. The van der Waals surface area contributed by atoms with Gasteiger partial charge < -0.3 is 10.2 Å². The number of carbonyl (C=O) groups is 1. The summed E-state index contributed by atoms with van der Waals surface area (Å²) in [6.07, 6.45) is 2.14. The van der Waals surface area contributed by atoms with Gasteiger partial charge in [-0.1, -0.05) is 6.92 Å². The normalized spacial score (nSPS) is 21.5. The molecule has 0 bridgehead atoms. The van der Waals surface area contributed by atoms with Crippen LogP contribution in [-0.2, 0) is 0 Å². The van der Waals surface area contributed by atoms with Crippen molar-refractivity contribution in [3.05, 3.63) is 0 Å². The summed E-state index contributed by atoms with van der Waals surface area (Å²) in [5.41, 5.74) is 0. The lowest BCUT2D eigenvalue weighted by atomic mass is 10.2. The quantitative estimate of drug-likeness (QED) is 0.753. The summed E-state index contributed by atoms with van der Waals surface area (Å²) in [5, 5.41) is 2.89. The SMILES string of the molecule is CCCNC(=O)N(C)C1CCSC1. The Balaban J connectivity index is 2.28. The Hall–Kier alpha value is -0.380. The third-order valence-electron chi connectivity index (χ3n) is 2.30. The number of thioether (sulfide) groups is 1. The van der Waals surface area contributed by atoms with Gasteiger partial charge in [-0.25, -0.2) is 4.79 Å². The van der Waals surface area contributed by atoms with Gasteiger partial charge in [-0.05, 0) is 18.6 Å². The lowest BCUT2D eigenvalue weighted by Gasteiger charge is -2.23. The molecule has 0 aliphatic carbocycles. The van der Waals surface area contributed by atoms with E-state index in [-0.39, 0.29) is 6.03 Å². The van der Waals surface area contributed by atoms with E-state index in [9.17, 15) is 4.79 Å². The fraction of sp³-hybridized carbons (Fsp3) is 0.889. The minimum absolute atomic E-state index is 0.0781. The Morgan fingerprint density at radius 1 is 1.69 bits per heavy atom. The average Bonchev–Trinajstić information content (AvgIpc) is 2.65. The zero-order chi connectivity index (χ0) is 9.68. The summed E-state index contributed by atoms with van der Waals surface area (Å²) >= 11 is 1.93. The highest BCUT2D eigenvalue weighted by molar-refractivity contribution is 7.99. The molecule has 1 heterocycles. The molecule has 76 valence electrons. The number of nitrogens with zero attached hydrogens (tertiary/aromatic N) is 1. The van der Waals surface area contributed by atoms with Gasteiger partial charge in [0, 0.05) is 25.4 Å². The van der Waals surface area contributed by atoms with Crippen molar-refractivity contribution in [1.82, 2.24) is 10.2 Å². The summed E-state index contributed by atoms with van der Waals surface area (Å²) < 4.78 is 0. The molecule has 1 rings (SSSR count). The molecule has 13 heavy (non-hydrogen) atoms. The van der Waals surface area contributed by atoms with Gasteiger partial charge in [-0.2, -0.15) is 11.8 Å². The average molecular weight is 202 g/mol. The van der Waals surface area contributed by atoms with E-state index >= 15 is 0 Å². The molecular weight excluding hydrogens is 184 g/mol. The van der Waals surface area contributed by atoms with Crippen molar-refractivity contribution in [2.24, 2.45) is 0 Å². The van der Waals surface area contributed by atoms with Gasteiger partial charge in [0.2, 0.25) is 0 Å². The second-order valence-electron chi connectivity index (χ2n) is 3.36. The molecule has 0 radical (unpaired) electrons. The Morgan fingerprint density at radius 2 is 2.46 bits per heavy atom. The van der Waals surface area contributed by atoms with Crippen LogP contribution >= 0.6 is 11.8 Å². The van der Waals surface area contributed by atoms with Gasteiger partial charge in [0.25, 0.3) is 0 Å². The molecule has 4 heteroatoms. The summed E-state index contributed by atoms with van der Waals surface area (Å²) in [7, 11) is 1.89. The molecule has 1 saturated heterocycles. The van der Waals surface area contributed by atoms with E-state index in [0.717, 1.165) is 25.1 Å². The summed E-state index contributed by atoms with van der Waals surface area (Å²) in [6.45, 7) is 2.84.